The van der Waals surface area contributed by atoms with Gasteiger partial charge in [-0.2, -0.15) is 5.26 Å². The van der Waals surface area contributed by atoms with Crippen LogP contribution in [0.4, 0.5) is 23.2 Å². The zero-order valence-corrected chi connectivity index (χ0v) is 20.3. The molecule has 5 rings (SSSR count). The molecule has 1 aromatic carbocycles. The maximum absolute atomic E-state index is 14.9. The summed E-state index contributed by atoms with van der Waals surface area (Å²) < 4.78 is 57.5. The predicted octanol–water partition coefficient (Wildman–Crippen LogP) is 2.70. The molecule has 2 bridgehead atoms. The molecule has 3 aliphatic heterocycles. The first-order valence-electron chi connectivity index (χ1n) is 12.4. The third kappa shape index (κ3) is 5.50. The van der Waals surface area contributed by atoms with Crippen LogP contribution in [0.3, 0.4) is 0 Å². The van der Waals surface area contributed by atoms with Gasteiger partial charge in [0.05, 0.1) is 17.7 Å². The first-order chi connectivity index (χ1) is 17.5. The number of anilines is 1. The van der Waals surface area contributed by atoms with E-state index in [4.69, 9.17) is 0 Å². The number of nitriles is 1. The monoisotopic (exact) mass is 523 g/mol. The van der Waals surface area contributed by atoms with Crippen molar-refractivity contribution >= 4 is 23.4 Å². The minimum atomic E-state index is -3.20. The number of alkyl halides is 2. The van der Waals surface area contributed by atoms with E-state index in [1.54, 1.807) is 0 Å². The lowest BCUT2D eigenvalue weighted by molar-refractivity contribution is -0.194. The quantitative estimate of drug-likeness (QED) is 0.476. The average Bonchev–Trinajstić information content (AvgIpc) is 2.85. The summed E-state index contributed by atoms with van der Waals surface area (Å²) in [6.45, 7) is 1.91. The number of nitrogens with zero attached hydrogens (tertiary/aromatic N) is 2. The van der Waals surface area contributed by atoms with Crippen LogP contribution in [0.2, 0.25) is 0 Å². The Bertz CT molecular complexity index is 1110. The number of piperidine rings is 3. The number of nitrogens with one attached hydrogen (secondary N) is 3. The minimum Gasteiger partial charge on any atom is -0.371 e. The largest absolute Gasteiger partial charge is 0.371 e. The van der Waals surface area contributed by atoms with E-state index in [9.17, 15) is 37.2 Å². The summed E-state index contributed by atoms with van der Waals surface area (Å²) in [6, 6.07) is -0.139. The van der Waals surface area contributed by atoms with Crippen molar-refractivity contribution in [3.8, 4) is 6.07 Å². The molecule has 8 nitrogen and oxygen atoms in total. The third-order valence-electron chi connectivity index (χ3n) is 7.52. The van der Waals surface area contributed by atoms with Gasteiger partial charge in [0.15, 0.2) is 0 Å². The first-order valence-corrected chi connectivity index (χ1v) is 12.4. The number of carbonyl (C=O) groups excluding carboxylic acids is 3. The zero-order chi connectivity index (χ0) is 26.9. The van der Waals surface area contributed by atoms with E-state index in [2.05, 4.69) is 16.0 Å². The van der Waals surface area contributed by atoms with Gasteiger partial charge in [0, 0.05) is 24.9 Å². The molecule has 1 aromatic rings. The van der Waals surface area contributed by atoms with E-state index in [1.807, 2.05) is 6.07 Å². The number of rotatable bonds is 7. The van der Waals surface area contributed by atoms with Crippen LogP contribution in [0.15, 0.2) is 18.2 Å². The van der Waals surface area contributed by atoms with Crippen molar-refractivity contribution in [2.75, 3.05) is 11.9 Å². The molecule has 37 heavy (non-hydrogen) atoms. The standard InChI is InChI=1S/C25H29F4N5O3/c1-13(32-20-10-15(26)4-7-19(20)27)24(37)34-17-5-6-18(25(28,29)11-17)21(34)23(36)33-16(12-30)9-14-3-2-8-31-22(14)35/h4,7,10,13-14,16-18,21,32H,2-3,5-6,8-9,11H2,1H3,(H,31,35)(H,33,36)/t13-,14-,16-,17+,18+,21+/m0/s1. The molecule has 6 atom stereocenters. The lowest BCUT2D eigenvalue weighted by Gasteiger charge is -2.54. The summed E-state index contributed by atoms with van der Waals surface area (Å²) in [5.74, 6) is -8.52. The van der Waals surface area contributed by atoms with Gasteiger partial charge in [-0.3, -0.25) is 14.4 Å². The van der Waals surface area contributed by atoms with Gasteiger partial charge in [-0.05, 0) is 57.2 Å². The second-order valence-corrected chi connectivity index (χ2v) is 10.0. The molecule has 3 heterocycles. The van der Waals surface area contributed by atoms with Crippen LogP contribution < -0.4 is 16.0 Å². The fourth-order valence-corrected chi connectivity index (χ4v) is 5.70. The SMILES string of the molecule is C[C@H](Nc1cc(F)ccc1F)C(=O)N1[C@@H]2CC[C@H]([C@@H]1C(=O)N[C@H](C#N)C[C@@H]1CCCNC1=O)C(F)(F)C2. The van der Waals surface area contributed by atoms with E-state index < -0.39 is 71.8 Å². The fraction of sp³-hybridized carbons (Fsp3) is 0.600. The van der Waals surface area contributed by atoms with Gasteiger partial charge in [0.25, 0.3) is 5.92 Å². The van der Waals surface area contributed by atoms with Gasteiger partial charge in [-0.25, -0.2) is 17.6 Å². The van der Waals surface area contributed by atoms with E-state index >= 15 is 0 Å². The van der Waals surface area contributed by atoms with Gasteiger partial charge in [-0.15, -0.1) is 0 Å². The van der Waals surface area contributed by atoms with Crippen molar-refractivity contribution < 1.29 is 31.9 Å². The maximum Gasteiger partial charge on any atom is 0.255 e. The van der Waals surface area contributed by atoms with Gasteiger partial charge in [0.1, 0.15) is 29.8 Å². The Balaban J connectivity index is 1.54. The summed E-state index contributed by atoms with van der Waals surface area (Å²) in [5.41, 5.74) is -0.273. The number of amides is 3. The molecule has 0 unspecified atom stereocenters. The number of benzene rings is 1. The molecule has 0 spiro atoms. The van der Waals surface area contributed by atoms with Crippen molar-refractivity contribution in [3.63, 3.8) is 0 Å². The van der Waals surface area contributed by atoms with Crippen molar-refractivity contribution in [3.05, 3.63) is 29.8 Å². The summed E-state index contributed by atoms with van der Waals surface area (Å²) in [6.07, 6.45) is 0.952. The van der Waals surface area contributed by atoms with Crippen LogP contribution in [0.1, 0.15) is 45.4 Å². The van der Waals surface area contributed by atoms with Crippen LogP contribution >= 0.6 is 0 Å². The molecule has 200 valence electrons. The Labute approximate surface area is 211 Å². The van der Waals surface area contributed by atoms with Gasteiger partial charge in [0.2, 0.25) is 17.7 Å². The molecule has 12 heteroatoms. The van der Waals surface area contributed by atoms with Crippen molar-refractivity contribution in [2.24, 2.45) is 11.8 Å². The van der Waals surface area contributed by atoms with Gasteiger partial charge in [-0.1, -0.05) is 0 Å². The summed E-state index contributed by atoms with van der Waals surface area (Å²) >= 11 is 0. The van der Waals surface area contributed by atoms with E-state index in [1.165, 1.54) is 6.92 Å². The highest BCUT2D eigenvalue weighted by molar-refractivity contribution is 5.92. The molecule has 3 saturated heterocycles. The number of hydrogen-bond acceptors (Lipinski definition) is 5. The van der Waals surface area contributed by atoms with Gasteiger partial charge < -0.3 is 20.9 Å². The molecule has 4 fully saturated rings. The molecule has 1 aliphatic carbocycles. The summed E-state index contributed by atoms with van der Waals surface area (Å²) in [7, 11) is 0. The Morgan fingerprint density at radius 2 is 2.03 bits per heavy atom. The smallest absolute Gasteiger partial charge is 0.255 e. The fourth-order valence-electron chi connectivity index (χ4n) is 5.70. The normalized spacial score (nSPS) is 28.0. The highest BCUT2D eigenvalue weighted by Gasteiger charge is 2.60. The van der Waals surface area contributed by atoms with Crippen molar-refractivity contribution in [2.45, 2.75) is 75.5 Å². The van der Waals surface area contributed by atoms with Crippen molar-refractivity contribution in [1.29, 1.82) is 5.26 Å². The van der Waals surface area contributed by atoms with Crippen molar-refractivity contribution in [1.82, 2.24) is 15.5 Å². The van der Waals surface area contributed by atoms with E-state index in [0.29, 0.717) is 13.0 Å². The molecular formula is C25H29F4N5O3. The lowest BCUT2D eigenvalue weighted by Crippen LogP contribution is -2.70. The molecule has 0 radical (unpaired) electrons. The van der Waals surface area contributed by atoms with Crippen LogP contribution in [0.5, 0.6) is 0 Å². The number of halogens is 4. The summed E-state index contributed by atoms with van der Waals surface area (Å²) in [4.78, 5) is 40.0. The maximum atomic E-state index is 14.9. The first kappa shape index (κ1) is 26.7. The molecule has 0 aromatic heterocycles. The zero-order valence-electron chi connectivity index (χ0n) is 20.3. The van der Waals surface area contributed by atoms with Crippen LogP contribution in [0.25, 0.3) is 0 Å². The average molecular weight is 524 g/mol. The second kappa shape index (κ2) is 10.6. The molecule has 1 saturated carbocycles. The minimum absolute atomic E-state index is 0.0160. The van der Waals surface area contributed by atoms with Crippen LogP contribution in [-0.4, -0.2) is 59.3 Å². The summed E-state index contributed by atoms with van der Waals surface area (Å²) in [5, 5.41) is 17.4. The van der Waals surface area contributed by atoms with E-state index in [-0.39, 0.29) is 30.9 Å². The number of fused-ring (bicyclic) bond motifs is 3. The van der Waals surface area contributed by atoms with Crippen LogP contribution in [-0.2, 0) is 14.4 Å². The van der Waals surface area contributed by atoms with E-state index in [0.717, 1.165) is 29.5 Å². The Kier molecular flexibility index (Phi) is 7.62. The molecule has 4 aliphatic rings. The number of carbonyl (C=O) groups is 3. The van der Waals surface area contributed by atoms with Gasteiger partial charge >= 0.3 is 0 Å². The molecule has 3 amide bonds. The second-order valence-electron chi connectivity index (χ2n) is 10.0. The highest BCUT2D eigenvalue weighted by atomic mass is 19.3. The molecule has 3 N–H and O–H groups in total. The van der Waals surface area contributed by atoms with Crippen LogP contribution in [0, 0.1) is 34.8 Å². The Morgan fingerprint density at radius 1 is 1.27 bits per heavy atom. The highest BCUT2D eigenvalue weighted by Crippen LogP contribution is 2.49. The number of hydrogen-bond donors (Lipinski definition) is 3. The Morgan fingerprint density at radius 3 is 2.70 bits per heavy atom. The lowest BCUT2D eigenvalue weighted by atomic mass is 9.71. The third-order valence-corrected chi connectivity index (χ3v) is 7.52. The topological polar surface area (TPSA) is 114 Å². The Hall–Kier alpha value is -3.36. The predicted molar refractivity (Wildman–Crippen MR) is 124 cm³/mol. The molecular weight excluding hydrogens is 494 g/mol.